The molecule has 2 heterocycles. The number of hydrogen-bond acceptors (Lipinski definition) is 9. The number of nitrogens with zero attached hydrogens (tertiary/aromatic N) is 6. The third-order valence-corrected chi connectivity index (χ3v) is 4.80. The SMILES string of the molecule is Cc1nnnn1-c1ccc(Nc2ncc(F)c(Nc3ccccc3NS(C)(=O)=O)n2)cc1. The van der Waals surface area contributed by atoms with Gasteiger partial charge in [0.1, 0.15) is 0 Å². The van der Waals surface area contributed by atoms with Crippen molar-refractivity contribution in [2.75, 3.05) is 21.6 Å². The Hall–Kier alpha value is -4.13. The molecule has 0 unspecified atom stereocenters. The summed E-state index contributed by atoms with van der Waals surface area (Å²) in [5.74, 6) is -0.0249. The van der Waals surface area contributed by atoms with Gasteiger partial charge in [-0.05, 0) is 53.7 Å². The van der Waals surface area contributed by atoms with Crippen LogP contribution in [0.5, 0.6) is 0 Å². The standard InChI is InChI=1S/C19H18FN9O2S/c1-12-25-27-28-29(12)14-9-7-13(8-10-14)22-19-21-11-15(20)18(24-19)23-16-5-3-4-6-17(16)26-32(2,30)31/h3-11,26H,1-2H3,(H2,21,22,23,24). The van der Waals surface area contributed by atoms with Crippen molar-refractivity contribution in [3.8, 4) is 5.69 Å². The van der Waals surface area contributed by atoms with Crippen LogP contribution in [0.25, 0.3) is 5.69 Å². The highest BCUT2D eigenvalue weighted by molar-refractivity contribution is 7.92. The summed E-state index contributed by atoms with van der Waals surface area (Å²) in [7, 11) is -3.52. The monoisotopic (exact) mass is 455 g/mol. The number of aryl methyl sites for hydroxylation is 1. The molecule has 0 bridgehead atoms. The van der Waals surface area contributed by atoms with Crippen molar-refractivity contribution >= 4 is 38.9 Å². The summed E-state index contributed by atoms with van der Waals surface area (Å²) < 4.78 is 41.5. The lowest BCUT2D eigenvalue weighted by atomic mass is 10.2. The van der Waals surface area contributed by atoms with Gasteiger partial charge in [0, 0.05) is 5.69 Å². The highest BCUT2D eigenvalue weighted by Crippen LogP contribution is 2.27. The van der Waals surface area contributed by atoms with E-state index in [9.17, 15) is 12.8 Å². The minimum Gasteiger partial charge on any atom is -0.336 e. The second kappa shape index (κ2) is 8.55. The van der Waals surface area contributed by atoms with Gasteiger partial charge in [-0.15, -0.1) is 5.10 Å². The van der Waals surface area contributed by atoms with Crippen LogP contribution in [0.2, 0.25) is 0 Å². The highest BCUT2D eigenvalue weighted by atomic mass is 32.2. The number of para-hydroxylation sites is 2. The molecule has 0 amide bonds. The fourth-order valence-electron chi connectivity index (χ4n) is 2.81. The lowest BCUT2D eigenvalue weighted by Gasteiger charge is -2.13. The Morgan fingerprint density at radius 2 is 1.72 bits per heavy atom. The van der Waals surface area contributed by atoms with E-state index in [2.05, 4.69) is 40.8 Å². The van der Waals surface area contributed by atoms with E-state index >= 15 is 0 Å². The van der Waals surface area contributed by atoms with Gasteiger partial charge < -0.3 is 10.6 Å². The average Bonchev–Trinajstić information content (AvgIpc) is 3.17. The molecule has 0 saturated carbocycles. The molecule has 0 saturated heterocycles. The molecule has 13 heteroatoms. The van der Waals surface area contributed by atoms with Crippen molar-refractivity contribution in [1.82, 2.24) is 30.2 Å². The maximum atomic E-state index is 14.3. The number of tetrazole rings is 1. The first-order valence-electron chi connectivity index (χ1n) is 9.27. The minimum atomic E-state index is -3.52. The molecule has 2 aromatic heterocycles. The Bertz CT molecular complexity index is 1360. The summed E-state index contributed by atoms with van der Waals surface area (Å²) in [6.07, 6.45) is 2.05. The summed E-state index contributed by atoms with van der Waals surface area (Å²) in [6, 6.07) is 13.7. The zero-order valence-corrected chi connectivity index (χ0v) is 17.8. The lowest BCUT2D eigenvalue weighted by molar-refractivity contribution is 0.607. The topological polar surface area (TPSA) is 140 Å². The van der Waals surface area contributed by atoms with Gasteiger partial charge >= 0.3 is 0 Å². The fraction of sp³-hybridized carbons (Fsp3) is 0.105. The molecule has 4 rings (SSSR count). The van der Waals surface area contributed by atoms with E-state index in [1.165, 1.54) is 0 Å². The number of halogens is 1. The molecule has 0 aliphatic heterocycles. The summed E-state index contributed by atoms with van der Waals surface area (Å²) in [4.78, 5) is 8.12. The van der Waals surface area contributed by atoms with Crippen molar-refractivity contribution < 1.29 is 12.8 Å². The fourth-order valence-corrected chi connectivity index (χ4v) is 3.39. The van der Waals surface area contributed by atoms with Crippen LogP contribution < -0.4 is 15.4 Å². The van der Waals surface area contributed by atoms with E-state index in [1.807, 2.05) is 12.1 Å². The van der Waals surface area contributed by atoms with Crippen molar-refractivity contribution in [1.29, 1.82) is 0 Å². The quantitative estimate of drug-likeness (QED) is 0.384. The molecule has 164 valence electrons. The third kappa shape index (κ3) is 4.95. The molecule has 2 aromatic carbocycles. The van der Waals surface area contributed by atoms with E-state index in [1.54, 1.807) is 48.0 Å². The van der Waals surface area contributed by atoms with Crippen molar-refractivity contribution in [2.24, 2.45) is 0 Å². The number of nitrogens with one attached hydrogen (secondary N) is 3. The maximum absolute atomic E-state index is 14.3. The van der Waals surface area contributed by atoms with Gasteiger partial charge in [0.05, 0.1) is 29.5 Å². The van der Waals surface area contributed by atoms with E-state index < -0.39 is 15.8 Å². The number of aromatic nitrogens is 6. The van der Waals surface area contributed by atoms with Gasteiger partial charge in [-0.2, -0.15) is 9.67 Å². The molecule has 3 N–H and O–H groups in total. The molecule has 0 atom stereocenters. The van der Waals surface area contributed by atoms with Crippen molar-refractivity contribution in [3.05, 3.63) is 66.4 Å². The van der Waals surface area contributed by atoms with Gasteiger partial charge in [-0.25, -0.2) is 17.8 Å². The van der Waals surface area contributed by atoms with Crippen LogP contribution in [0.3, 0.4) is 0 Å². The predicted octanol–water partition coefficient (Wildman–Crippen LogP) is 2.76. The zero-order chi connectivity index (χ0) is 22.7. The van der Waals surface area contributed by atoms with Crippen molar-refractivity contribution in [3.63, 3.8) is 0 Å². The summed E-state index contributed by atoms with van der Waals surface area (Å²) >= 11 is 0. The summed E-state index contributed by atoms with van der Waals surface area (Å²) in [5, 5.41) is 17.2. The second-order valence-electron chi connectivity index (χ2n) is 6.74. The smallest absolute Gasteiger partial charge is 0.229 e. The average molecular weight is 455 g/mol. The van der Waals surface area contributed by atoms with Crippen LogP contribution in [0.1, 0.15) is 5.82 Å². The van der Waals surface area contributed by atoms with E-state index in [-0.39, 0.29) is 17.5 Å². The maximum Gasteiger partial charge on any atom is 0.229 e. The van der Waals surface area contributed by atoms with Crippen molar-refractivity contribution in [2.45, 2.75) is 6.92 Å². The van der Waals surface area contributed by atoms with Crippen LogP contribution >= 0.6 is 0 Å². The summed E-state index contributed by atoms with van der Waals surface area (Å²) in [6.45, 7) is 1.79. The van der Waals surface area contributed by atoms with Gasteiger partial charge in [-0.3, -0.25) is 4.72 Å². The predicted molar refractivity (Wildman–Crippen MR) is 117 cm³/mol. The molecular formula is C19H18FN9O2S. The minimum absolute atomic E-state index is 0.119. The normalized spacial score (nSPS) is 11.2. The van der Waals surface area contributed by atoms with Crippen LogP contribution in [0, 0.1) is 12.7 Å². The molecule has 0 fully saturated rings. The molecule has 11 nitrogen and oxygen atoms in total. The van der Waals surface area contributed by atoms with Crippen LogP contribution in [0.4, 0.5) is 33.2 Å². The third-order valence-electron chi connectivity index (χ3n) is 4.21. The zero-order valence-electron chi connectivity index (χ0n) is 17.0. The first kappa shape index (κ1) is 21.1. The van der Waals surface area contributed by atoms with Crippen LogP contribution in [-0.4, -0.2) is 44.8 Å². The molecule has 0 aliphatic carbocycles. The van der Waals surface area contributed by atoms with Gasteiger partial charge in [0.15, 0.2) is 17.5 Å². The number of sulfonamides is 1. The molecule has 32 heavy (non-hydrogen) atoms. The van der Waals surface area contributed by atoms with E-state index in [4.69, 9.17) is 0 Å². The Morgan fingerprint density at radius 3 is 2.38 bits per heavy atom. The number of rotatable bonds is 7. The first-order valence-corrected chi connectivity index (χ1v) is 11.2. The second-order valence-corrected chi connectivity index (χ2v) is 8.49. The molecule has 4 aromatic rings. The summed E-state index contributed by atoms with van der Waals surface area (Å²) in [5.41, 5.74) is 2.03. The number of hydrogen-bond donors (Lipinski definition) is 3. The lowest BCUT2D eigenvalue weighted by Crippen LogP contribution is -2.11. The Morgan fingerprint density at radius 1 is 1.00 bits per heavy atom. The van der Waals surface area contributed by atoms with Crippen LogP contribution in [0.15, 0.2) is 54.7 Å². The molecular weight excluding hydrogens is 437 g/mol. The van der Waals surface area contributed by atoms with E-state index in [0.29, 0.717) is 17.2 Å². The molecule has 0 radical (unpaired) electrons. The Balaban J connectivity index is 1.54. The number of anilines is 5. The van der Waals surface area contributed by atoms with Gasteiger partial charge in [0.2, 0.25) is 16.0 Å². The van der Waals surface area contributed by atoms with Gasteiger partial charge in [-0.1, -0.05) is 12.1 Å². The number of benzene rings is 2. The molecule has 0 spiro atoms. The van der Waals surface area contributed by atoms with Gasteiger partial charge in [0.25, 0.3) is 0 Å². The van der Waals surface area contributed by atoms with Crippen LogP contribution in [-0.2, 0) is 10.0 Å². The largest absolute Gasteiger partial charge is 0.336 e. The Kier molecular flexibility index (Phi) is 5.64. The first-order chi connectivity index (χ1) is 15.3. The molecule has 0 aliphatic rings. The highest BCUT2D eigenvalue weighted by Gasteiger charge is 2.12. The van der Waals surface area contributed by atoms with E-state index in [0.717, 1.165) is 18.1 Å². The Labute approximate surface area is 182 Å².